The molecule has 0 aromatic heterocycles. The molecule has 0 aliphatic rings. The third-order valence-corrected chi connectivity index (χ3v) is 6.11. The standard InChI is InChI=1S/C30H22F6O2/c1-5-19-17(3)11-13-25(20(19)6-2)37-27-15-24(30(34,35)36)28(16-23(27)29(31,32)33)38-26-14-12-18(4)21-9-7-8-10-22(21)26/h5-16H,1-2H2,3-4H3. The van der Waals surface area contributed by atoms with Crippen LogP contribution in [0.25, 0.3) is 22.9 Å². The van der Waals surface area contributed by atoms with Crippen LogP contribution in [-0.4, -0.2) is 0 Å². The molecule has 0 fully saturated rings. The van der Waals surface area contributed by atoms with Crippen molar-refractivity contribution >= 4 is 22.9 Å². The molecule has 0 bridgehead atoms. The van der Waals surface area contributed by atoms with Gasteiger partial charge < -0.3 is 9.47 Å². The largest absolute Gasteiger partial charge is 0.456 e. The Morgan fingerprint density at radius 3 is 1.58 bits per heavy atom. The summed E-state index contributed by atoms with van der Waals surface area (Å²) in [5.41, 5.74) is -0.433. The van der Waals surface area contributed by atoms with Crippen LogP contribution in [0.3, 0.4) is 0 Å². The maximum absolute atomic E-state index is 14.1. The summed E-state index contributed by atoms with van der Waals surface area (Å²) in [6.45, 7) is 10.9. The third kappa shape index (κ3) is 5.11. The van der Waals surface area contributed by atoms with Crippen LogP contribution in [0, 0.1) is 13.8 Å². The van der Waals surface area contributed by atoms with Gasteiger partial charge in [0.15, 0.2) is 0 Å². The predicted octanol–water partition coefficient (Wildman–Crippen LogP) is 10.4. The Hall–Kier alpha value is -4.20. The number of ether oxygens (including phenoxy) is 2. The molecule has 0 aliphatic heterocycles. The molecule has 0 unspecified atom stereocenters. The van der Waals surface area contributed by atoms with Gasteiger partial charge in [-0.2, -0.15) is 26.3 Å². The van der Waals surface area contributed by atoms with E-state index in [0.29, 0.717) is 34.0 Å². The average Bonchev–Trinajstić information content (AvgIpc) is 2.85. The van der Waals surface area contributed by atoms with Crippen LogP contribution >= 0.6 is 0 Å². The molecule has 0 saturated heterocycles. The van der Waals surface area contributed by atoms with E-state index in [0.717, 1.165) is 11.1 Å². The number of aryl methyl sites for hydroxylation is 2. The molecule has 0 heterocycles. The molecule has 4 aromatic rings. The highest BCUT2D eigenvalue weighted by Crippen LogP contribution is 2.48. The first kappa shape index (κ1) is 26.9. The zero-order valence-corrected chi connectivity index (χ0v) is 20.4. The Morgan fingerprint density at radius 1 is 0.579 bits per heavy atom. The van der Waals surface area contributed by atoms with Crippen molar-refractivity contribution in [1.29, 1.82) is 0 Å². The highest BCUT2D eigenvalue weighted by atomic mass is 19.4. The van der Waals surface area contributed by atoms with Crippen LogP contribution in [0.4, 0.5) is 26.3 Å². The summed E-state index contributed by atoms with van der Waals surface area (Å²) in [6.07, 6.45) is -7.28. The maximum Gasteiger partial charge on any atom is 0.420 e. The van der Waals surface area contributed by atoms with Gasteiger partial charge in [0, 0.05) is 10.9 Å². The summed E-state index contributed by atoms with van der Waals surface area (Å²) in [5.74, 6) is -2.13. The van der Waals surface area contributed by atoms with E-state index >= 15 is 0 Å². The lowest BCUT2D eigenvalue weighted by molar-refractivity contribution is -0.143. The summed E-state index contributed by atoms with van der Waals surface area (Å²) in [7, 11) is 0. The third-order valence-electron chi connectivity index (χ3n) is 6.11. The Labute approximate surface area is 215 Å². The van der Waals surface area contributed by atoms with E-state index < -0.39 is 35.0 Å². The number of hydrogen-bond donors (Lipinski definition) is 0. The summed E-state index contributed by atoms with van der Waals surface area (Å²) in [5, 5.41) is 1.16. The van der Waals surface area contributed by atoms with Crippen molar-refractivity contribution in [3.8, 4) is 23.0 Å². The molecular weight excluding hydrogens is 506 g/mol. The van der Waals surface area contributed by atoms with Gasteiger partial charge in [0.05, 0.1) is 0 Å². The van der Waals surface area contributed by atoms with E-state index in [1.165, 1.54) is 24.3 Å². The fraction of sp³-hybridized carbons (Fsp3) is 0.133. The van der Waals surface area contributed by atoms with Gasteiger partial charge >= 0.3 is 12.4 Å². The van der Waals surface area contributed by atoms with Gasteiger partial charge in [0.2, 0.25) is 0 Å². The van der Waals surface area contributed by atoms with Gasteiger partial charge in [-0.05, 0) is 60.2 Å². The van der Waals surface area contributed by atoms with Crippen molar-refractivity contribution < 1.29 is 35.8 Å². The average molecular weight is 528 g/mol. The van der Waals surface area contributed by atoms with Crippen LogP contribution in [-0.2, 0) is 12.4 Å². The molecule has 0 spiro atoms. The molecule has 0 saturated carbocycles. The fourth-order valence-electron chi connectivity index (χ4n) is 4.22. The summed E-state index contributed by atoms with van der Waals surface area (Å²) in [6, 6.07) is 13.4. The van der Waals surface area contributed by atoms with Crippen LogP contribution in [0.1, 0.15) is 33.4 Å². The lowest BCUT2D eigenvalue weighted by Gasteiger charge is -2.21. The van der Waals surface area contributed by atoms with Crippen molar-refractivity contribution in [2.75, 3.05) is 0 Å². The van der Waals surface area contributed by atoms with Crippen LogP contribution < -0.4 is 9.47 Å². The van der Waals surface area contributed by atoms with E-state index in [2.05, 4.69) is 13.2 Å². The number of rotatable bonds is 6. The molecule has 0 atom stereocenters. The van der Waals surface area contributed by atoms with E-state index in [-0.39, 0.29) is 11.5 Å². The van der Waals surface area contributed by atoms with E-state index in [4.69, 9.17) is 9.47 Å². The molecule has 0 amide bonds. The molecular formula is C30H22F6O2. The van der Waals surface area contributed by atoms with Crippen LogP contribution in [0.5, 0.6) is 23.0 Å². The van der Waals surface area contributed by atoms with Crippen molar-refractivity contribution in [2.24, 2.45) is 0 Å². The molecule has 0 aliphatic carbocycles. The summed E-state index contributed by atoms with van der Waals surface area (Å²) < 4.78 is 95.9. The number of benzene rings is 4. The van der Waals surface area contributed by atoms with Gasteiger partial charge in [-0.1, -0.05) is 61.7 Å². The molecule has 4 aromatic carbocycles. The number of halogens is 6. The Bertz CT molecular complexity index is 1550. The number of fused-ring (bicyclic) bond motifs is 1. The second kappa shape index (κ2) is 9.93. The summed E-state index contributed by atoms with van der Waals surface area (Å²) >= 11 is 0. The predicted molar refractivity (Wildman–Crippen MR) is 137 cm³/mol. The molecule has 8 heteroatoms. The SMILES string of the molecule is C=Cc1c(C)ccc(Oc2cc(C(F)(F)F)c(Oc3ccc(C)c4ccccc34)cc2C(F)(F)F)c1C=C. The van der Waals surface area contributed by atoms with E-state index in [9.17, 15) is 26.3 Å². The zero-order valence-electron chi connectivity index (χ0n) is 20.4. The Balaban J connectivity index is 1.92. The fourth-order valence-corrected chi connectivity index (χ4v) is 4.22. The van der Waals surface area contributed by atoms with Crippen molar-refractivity contribution in [3.05, 3.63) is 107 Å². The van der Waals surface area contributed by atoms with E-state index in [1.807, 2.05) is 6.92 Å². The van der Waals surface area contributed by atoms with Crippen LogP contribution in [0.2, 0.25) is 0 Å². The van der Waals surface area contributed by atoms with Crippen LogP contribution in [0.15, 0.2) is 73.8 Å². The Kier molecular flexibility index (Phi) is 7.02. The topological polar surface area (TPSA) is 18.5 Å². The minimum Gasteiger partial charge on any atom is -0.456 e. The Morgan fingerprint density at radius 2 is 1.05 bits per heavy atom. The smallest absolute Gasteiger partial charge is 0.420 e. The molecule has 4 rings (SSSR count). The van der Waals surface area contributed by atoms with Crippen molar-refractivity contribution in [2.45, 2.75) is 26.2 Å². The number of alkyl halides is 6. The second-order valence-corrected chi connectivity index (χ2v) is 8.59. The van der Waals surface area contributed by atoms with Gasteiger partial charge in [-0.15, -0.1) is 0 Å². The maximum atomic E-state index is 14.1. The first-order valence-corrected chi connectivity index (χ1v) is 11.4. The minimum atomic E-state index is -5.05. The second-order valence-electron chi connectivity index (χ2n) is 8.59. The number of hydrogen-bond acceptors (Lipinski definition) is 2. The summed E-state index contributed by atoms with van der Waals surface area (Å²) in [4.78, 5) is 0. The quantitative estimate of drug-likeness (QED) is 0.232. The van der Waals surface area contributed by atoms with Crippen molar-refractivity contribution in [3.63, 3.8) is 0 Å². The molecule has 38 heavy (non-hydrogen) atoms. The van der Waals surface area contributed by atoms with Gasteiger partial charge in [0.25, 0.3) is 0 Å². The van der Waals surface area contributed by atoms with Gasteiger partial charge in [0.1, 0.15) is 34.1 Å². The lowest BCUT2D eigenvalue weighted by Crippen LogP contribution is -2.13. The molecule has 0 radical (unpaired) electrons. The monoisotopic (exact) mass is 528 g/mol. The molecule has 2 nitrogen and oxygen atoms in total. The zero-order chi connectivity index (χ0) is 27.8. The lowest BCUT2D eigenvalue weighted by atomic mass is 10.0. The van der Waals surface area contributed by atoms with Gasteiger partial charge in [-0.25, -0.2) is 0 Å². The van der Waals surface area contributed by atoms with Gasteiger partial charge in [-0.3, -0.25) is 0 Å². The molecule has 0 N–H and O–H groups in total. The molecule has 196 valence electrons. The van der Waals surface area contributed by atoms with Crippen molar-refractivity contribution in [1.82, 2.24) is 0 Å². The first-order valence-electron chi connectivity index (χ1n) is 11.4. The normalized spacial score (nSPS) is 11.9. The minimum absolute atomic E-state index is 0.0124. The highest BCUT2D eigenvalue weighted by molar-refractivity contribution is 5.91. The first-order chi connectivity index (χ1) is 17.8. The highest BCUT2D eigenvalue weighted by Gasteiger charge is 2.41. The van der Waals surface area contributed by atoms with E-state index in [1.54, 1.807) is 43.3 Å².